The lowest BCUT2D eigenvalue weighted by atomic mass is 10.2. The first-order valence-electron chi connectivity index (χ1n) is 7.51. The predicted molar refractivity (Wildman–Crippen MR) is 102 cm³/mol. The quantitative estimate of drug-likeness (QED) is 0.601. The van der Waals surface area contributed by atoms with Crippen molar-refractivity contribution in [2.24, 2.45) is 0 Å². The Bertz CT molecular complexity index is 970. The molecule has 8 heteroatoms. The van der Waals surface area contributed by atoms with Crippen molar-refractivity contribution in [1.29, 1.82) is 0 Å². The molecule has 2 aromatic carbocycles. The molecule has 0 fully saturated rings. The summed E-state index contributed by atoms with van der Waals surface area (Å²) in [7, 11) is 0. The number of hydrogen-bond acceptors (Lipinski definition) is 4. The molecule has 3 aromatic rings. The molecule has 0 spiro atoms. The van der Waals surface area contributed by atoms with Gasteiger partial charge in [-0.1, -0.05) is 58.2 Å². The maximum Gasteiger partial charge on any atom is 0.246 e. The second kappa shape index (κ2) is 8.36. The van der Waals surface area contributed by atoms with Crippen molar-refractivity contribution in [3.05, 3.63) is 75.1 Å². The fourth-order valence-corrected chi connectivity index (χ4v) is 2.79. The molecule has 0 atom stereocenters. The molecule has 1 amide bonds. The van der Waals surface area contributed by atoms with Crippen molar-refractivity contribution in [2.75, 3.05) is 0 Å². The van der Waals surface area contributed by atoms with E-state index in [1.807, 2.05) is 12.1 Å². The van der Waals surface area contributed by atoms with Gasteiger partial charge >= 0.3 is 0 Å². The lowest BCUT2D eigenvalue weighted by Crippen LogP contribution is -2.20. The van der Waals surface area contributed by atoms with Crippen LogP contribution < -0.4 is 5.32 Å². The number of carbonyl (C=O) groups is 1. The summed E-state index contributed by atoms with van der Waals surface area (Å²) in [5.74, 6) is 0.308. The van der Waals surface area contributed by atoms with E-state index < -0.39 is 0 Å². The molecule has 0 aliphatic carbocycles. The van der Waals surface area contributed by atoms with Crippen LogP contribution in [-0.2, 0) is 11.3 Å². The molecule has 1 N–H and O–H groups in total. The van der Waals surface area contributed by atoms with Gasteiger partial charge in [-0.15, -0.1) is 0 Å². The molecule has 0 radical (unpaired) electrons. The van der Waals surface area contributed by atoms with E-state index in [2.05, 4.69) is 15.5 Å². The number of nitrogens with one attached hydrogen (secondary N) is 1. The maximum atomic E-state index is 11.9. The van der Waals surface area contributed by atoms with E-state index in [1.54, 1.807) is 36.4 Å². The molecule has 0 bridgehead atoms. The first-order chi connectivity index (χ1) is 12.5. The lowest BCUT2D eigenvalue weighted by Gasteiger charge is -1.99. The highest BCUT2D eigenvalue weighted by Crippen LogP contribution is 2.25. The zero-order valence-electron chi connectivity index (χ0n) is 13.2. The van der Waals surface area contributed by atoms with Gasteiger partial charge in [0.2, 0.25) is 17.6 Å². The Hall–Kier alpha value is -2.34. The number of aromatic nitrogens is 2. The number of carbonyl (C=O) groups excluding carboxylic acids is 1. The van der Waals surface area contributed by atoms with Crippen LogP contribution in [0.15, 0.2) is 53.1 Å². The molecular formula is C18H12Cl3N3O2. The van der Waals surface area contributed by atoms with Crippen LogP contribution in [0.3, 0.4) is 0 Å². The fraction of sp³-hybridized carbons (Fsp3) is 0.0556. The second-order valence-corrected chi connectivity index (χ2v) is 6.46. The molecule has 26 heavy (non-hydrogen) atoms. The van der Waals surface area contributed by atoms with E-state index in [0.29, 0.717) is 32.0 Å². The molecule has 0 aliphatic rings. The molecule has 1 aromatic heterocycles. The van der Waals surface area contributed by atoms with Crippen LogP contribution in [0.4, 0.5) is 0 Å². The second-order valence-electron chi connectivity index (χ2n) is 5.21. The highest BCUT2D eigenvalue weighted by atomic mass is 35.5. The van der Waals surface area contributed by atoms with Gasteiger partial charge in [-0.3, -0.25) is 4.79 Å². The van der Waals surface area contributed by atoms with Crippen LogP contribution in [-0.4, -0.2) is 16.0 Å². The van der Waals surface area contributed by atoms with Crippen LogP contribution in [0.5, 0.6) is 0 Å². The van der Waals surface area contributed by atoms with Gasteiger partial charge in [-0.25, -0.2) is 0 Å². The molecule has 0 aliphatic heterocycles. The Morgan fingerprint density at radius 1 is 1.12 bits per heavy atom. The van der Waals surface area contributed by atoms with Gasteiger partial charge in [0.1, 0.15) is 0 Å². The van der Waals surface area contributed by atoms with Crippen molar-refractivity contribution >= 4 is 46.8 Å². The van der Waals surface area contributed by atoms with E-state index in [9.17, 15) is 4.79 Å². The van der Waals surface area contributed by atoms with Crippen molar-refractivity contribution in [3.63, 3.8) is 0 Å². The van der Waals surface area contributed by atoms with Crippen LogP contribution in [0.1, 0.15) is 11.5 Å². The van der Waals surface area contributed by atoms with Crippen LogP contribution in [0.25, 0.3) is 17.5 Å². The zero-order valence-corrected chi connectivity index (χ0v) is 15.5. The summed E-state index contributed by atoms with van der Waals surface area (Å²) in [6.45, 7) is 0.0922. The van der Waals surface area contributed by atoms with Crippen LogP contribution >= 0.6 is 34.8 Å². The van der Waals surface area contributed by atoms with Gasteiger partial charge in [0.15, 0.2) is 0 Å². The Kier molecular flexibility index (Phi) is 5.93. The monoisotopic (exact) mass is 407 g/mol. The third kappa shape index (κ3) is 4.64. The Morgan fingerprint density at radius 2 is 1.92 bits per heavy atom. The normalized spacial score (nSPS) is 11.0. The summed E-state index contributed by atoms with van der Waals surface area (Å²) in [5.41, 5.74) is 1.35. The Balaban J connectivity index is 1.60. The van der Waals surface area contributed by atoms with E-state index in [1.165, 1.54) is 6.08 Å². The van der Waals surface area contributed by atoms with Gasteiger partial charge < -0.3 is 9.84 Å². The number of nitrogens with zero attached hydrogens (tertiary/aromatic N) is 2. The molecule has 0 saturated carbocycles. The van der Waals surface area contributed by atoms with Crippen molar-refractivity contribution in [1.82, 2.24) is 15.5 Å². The average molecular weight is 409 g/mol. The first-order valence-corrected chi connectivity index (χ1v) is 8.65. The number of hydrogen-bond donors (Lipinski definition) is 1. The van der Waals surface area contributed by atoms with Gasteiger partial charge in [-0.2, -0.15) is 4.98 Å². The molecule has 0 unspecified atom stereocenters. The highest BCUT2D eigenvalue weighted by molar-refractivity contribution is 6.35. The summed E-state index contributed by atoms with van der Waals surface area (Å²) >= 11 is 18.0. The number of benzene rings is 2. The SMILES string of the molecule is O=C(/C=C/c1ccc(Cl)cc1Cl)NCc1nc(-c2ccccc2Cl)no1. The van der Waals surface area contributed by atoms with E-state index in [0.717, 1.165) is 0 Å². The topological polar surface area (TPSA) is 68.0 Å². The zero-order chi connectivity index (χ0) is 18.5. The van der Waals surface area contributed by atoms with E-state index in [-0.39, 0.29) is 18.3 Å². The summed E-state index contributed by atoms with van der Waals surface area (Å²) in [4.78, 5) is 16.1. The van der Waals surface area contributed by atoms with Gasteiger partial charge in [0, 0.05) is 21.7 Å². The third-order valence-corrected chi connectivity index (χ3v) is 4.27. The van der Waals surface area contributed by atoms with E-state index in [4.69, 9.17) is 39.3 Å². The van der Waals surface area contributed by atoms with Gasteiger partial charge in [-0.05, 0) is 35.9 Å². The summed E-state index contributed by atoms with van der Waals surface area (Å²) in [5, 5.41) is 8.04. The average Bonchev–Trinajstić information content (AvgIpc) is 3.08. The van der Waals surface area contributed by atoms with Crippen molar-refractivity contribution in [3.8, 4) is 11.4 Å². The van der Waals surface area contributed by atoms with Crippen molar-refractivity contribution in [2.45, 2.75) is 6.54 Å². The van der Waals surface area contributed by atoms with Crippen LogP contribution in [0.2, 0.25) is 15.1 Å². The van der Waals surface area contributed by atoms with Crippen molar-refractivity contribution < 1.29 is 9.32 Å². The predicted octanol–water partition coefficient (Wildman–Crippen LogP) is 5.03. The molecule has 0 saturated heterocycles. The molecule has 132 valence electrons. The van der Waals surface area contributed by atoms with E-state index >= 15 is 0 Å². The minimum Gasteiger partial charge on any atom is -0.343 e. The maximum absolute atomic E-state index is 11.9. The minimum absolute atomic E-state index is 0.0922. The highest BCUT2D eigenvalue weighted by Gasteiger charge is 2.11. The third-order valence-electron chi connectivity index (χ3n) is 3.37. The summed E-state index contributed by atoms with van der Waals surface area (Å²) in [6, 6.07) is 12.2. The summed E-state index contributed by atoms with van der Waals surface area (Å²) < 4.78 is 5.13. The van der Waals surface area contributed by atoms with Gasteiger partial charge in [0.05, 0.1) is 11.6 Å². The van der Waals surface area contributed by atoms with Crippen LogP contribution in [0, 0.1) is 0 Å². The molecule has 5 nitrogen and oxygen atoms in total. The minimum atomic E-state index is -0.325. The lowest BCUT2D eigenvalue weighted by molar-refractivity contribution is -0.116. The molecule has 3 rings (SSSR count). The Labute approximate surface area is 164 Å². The Morgan fingerprint density at radius 3 is 2.69 bits per heavy atom. The van der Waals surface area contributed by atoms with Gasteiger partial charge in [0.25, 0.3) is 0 Å². The fourth-order valence-electron chi connectivity index (χ4n) is 2.10. The molecule has 1 heterocycles. The summed E-state index contributed by atoms with van der Waals surface area (Å²) in [6.07, 6.45) is 2.96. The standard InChI is InChI=1S/C18H12Cl3N3O2/c19-12-7-5-11(15(21)9-12)6-8-16(25)22-10-17-23-18(24-26-17)13-3-1-2-4-14(13)20/h1-9H,10H2,(H,22,25)/b8-6+. The number of halogens is 3. The molecular weight excluding hydrogens is 397 g/mol. The smallest absolute Gasteiger partial charge is 0.246 e. The first kappa shape index (κ1) is 18.5. The largest absolute Gasteiger partial charge is 0.343 e. The number of rotatable bonds is 5. The number of amides is 1.